The first-order chi connectivity index (χ1) is 7.48. The highest BCUT2D eigenvalue weighted by molar-refractivity contribution is 8.00. The summed E-state index contributed by atoms with van der Waals surface area (Å²) in [5, 5.41) is 9.12. The van der Waals surface area contributed by atoms with Crippen LogP contribution in [0.4, 0.5) is 4.39 Å². The fraction of sp³-hybridized carbons (Fsp3) is 0.500. The number of aliphatic hydroxyl groups is 1. The van der Waals surface area contributed by atoms with Gasteiger partial charge in [0.05, 0.1) is 13.2 Å². The van der Waals surface area contributed by atoms with Crippen molar-refractivity contribution in [3.8, 4) is 5.75 Å². The van der Waals surface area contributed by atoms with Gasteiger partial charge in [0.15, 0.2) is 11.6 Å². The highest BCUT2D eigenvalue weighted by Crippen LogP contribution is 2.33. The molecule has 0 radical (unpaired) electrons. The van der Waals surface area contributed by atoms with E-state index in [2.05, 4.69) is 0 Å². The molecule has 0 unspecified atom stereocenters. The van der Waals surface area contributed by atoms with E-state index in [-0.39, 0.29) is 22.9 Å². The molecule has 2 nitrogen and oxygen atoms in total. The molecule has 0 heterocycles. The van der Waals surface area contributed by atoms with Gasteiger partial charge in [-0.15, -0.1) is 11.8 Å². The summed E-state index contributed by atoms with van der Waals surface area (Å²) in [5.41, 5.74) is 0. The van der Waals surface area contributed by atoms with Crippen molar-refractivity contribution in [1.82, 2.24) is 0 Å². The highest BCUT2D eigenvalue weighted by atomic mass is 32.2. The van der Waals surface area contributed by atoms with Crippen LogP contribution in [-0.2, 0) is 0 Å². The standard InChI is InChI=1S/C12H17FO2S/c1-4-15-11-6-5-9(7-10(11)13)16-12(2,3)8-14/h5-7,14H,4,8H2,1-3H3. The Hall–Kier alpha value is -0.740. The van der Waals surface area contributed by atoms with Gasteiger partial charge < -0.3 is 9.84 Å². The van der Waals surface area contributed by atoms with Gasteiger partial charge in [0.1, 0.15) is 0 Å². The molecule has 90 valence electrons. The molecule has 0 aliphatic heterocycles. The minimum absolute atomic E-state index is 0.0481. The summed E-state index contributed by atoms with van der Waals surface area (Å²) in [7, 11) is 0. The maximum atomic E-state index is 13.5. The number of ether oxygens (including phenoxy) is 1. The number of halogens is 1. The topological polar surface area (TPSA) is 29.5 Å². The molecule has 0 aromatic heterocycles. The van der Waals surface area contributed by atoms with E-state index in [4.69, 9.17) is 9.84 Å². The van der Waals surface area contributed by atoms with E-state index in [0.29, 0.717) is 6.61 Å². The lowest BCUT2D eigenvalue weighted by Crippen LogP contribution is -2.19. The molecule has 0 aliphatic carbocycles. The van der Waals surface area contributed by atoms with Crippen molar-refractivity contribution in [1.29, 1.82) is 0 Å². The third kappa shape index (κ3) is 3.68. The van der Waals surface area contributed by atoms with Gasteiger partial charge in [-0.3, -0.25) is 0 Å². The Morgan fingerprint density at radius 1 is 1.44 bits per heavy atom. The molecule has 0 amide bonds. The summed E-state index contributed by atoms with van der Waals surface area (Å²) in [5.74, 6) is -0.0887. The van der Waals surface area contributed by atoms with Crippen LogP contribution in [-0.4, -0.2) is 23.1 Å². The lowest BCUT2D eigenvalue weighted by Gasteiger charge is -2.20. The molecule has 0 saturated carbocycles. The van der Waals surface area contributed by atoms with Crippen molar-refractivity contribution in [2.45, 2.75) is 30.4 Å². The molecule has 1 aromatic rings. The number of thioether (sulfide) groups is 1. The lowest BCUT2D eigenvalue weighted by atomic mass is 10.2. The number of hydrogen-bond donors (Lipinski definition) is 1. The zero-order valence-electron chi connectivity index (χ0n) is 9.79. The van der Waals surface area contributed by atoms with Crippen LogP contribution in [0.25, 0.3) is 0 Å². The minimum Gasteiger partial charge on any atom is -0.491 e. The van der Waals surface area contributed by atoms with Crippen LogP contribution in [0.5, 0.6) is 5.75 Å². The molecule has 0 atom stereocenters. The highest BCUT2D eigenvalue weighted by Gasteiger charge is 2.18. The van der Waals surface area contributed by atoms with Crippen molar-refractivity contribution in [2.75, 3.05) is 13.2 Å². The predicted molar refractivity (Wildman–Crippen MR) is 64.6 cm³/mol. The molecule has 16 heavy (non-hydrogen) atoms. The van der Waals surface area contributed by atoms with Gasteiger partial charge in [0, 0.05) is 9.64 Å². The quantitative estimate of drug-likeness (QED) is 0.807. The molecule has 1 N–H and O–H groups in total. The fourth-order valence-corrected chi connectivity index (χ4v) is 2.17. The fourth-order valence-electron chi connectivity index (χ4n) is 1.17. The van der Waals surface area contributed by atoms with E-state index in [1.807, 2.05) is 20.8 Å². The summed E-state index contributed by atoms with van der Waals surface area (Å²) in [6.45, 7) is 6.13. The largest absolute Gasteiger partial charge is 0.491 e. The average Bonchev–Trinajstić information content (AvgIpc) is 2.22. The third-order valence-corrected chi connectivity index (χ3v) is 3.15. The van der Waals surface area contributed by atoms with E-state index in [0.717, 1.165) is 4.90 Å². The van der Waals surface area contributed by atoms with E-state index in [1.54, 1.807) is 12.1 Å². The van der Waals surface area contributed by atoms with Crippen LogP contribution >= 0.6 is 11.8 Å². The normalized spacial score (nSPS) is 11.6. The van der Waals surface area contributed by atoms with Gasteiger partial charge in [-0.2, -0.15) is 0 Å². The molecule has 4 heteroatoms. The molecular weight excluding hydrogens is 227 g/mol. The van der Waals surface area contributed by atoms with E-state index < -0.39 is 0 Å². The third-order valence-electron chi connectivity index (χ3n) is 1.98. The van der Waals surface area contributed by atoms with Crippen molar-refractivity contribution < 1.29 is 14.2 Å². The van der Waals surface area contributed by atoms with Crippen LogP contribution in [0.15, 0.2) is 23.1 Å². The van der Waals surface area contributed by atoms with E-state index in [9.17, 15) is 4.39 Å². The SMILES string of the molecule is CCOc1ccc(SC(C)(C)CO)cc1F. The van der Waals surface area contributed by atoms with Crippen LogP contribution < -0.4 is 4.74 Å². The number of rotatable bonds is 5. The second kappa shape index (κ2) is 5.55. The minimum atomic E-state index is -0.361. The first kappa shape index (κ1) is 13.3. The molecule has 0 spiro atoms. The van der Waals surface area contributed by atoms with Gasteiger partial charge in [-0.1, -0.05) is 0 Å². The van der Waals surface area contributed by atoms with Gasteiger partial charge in [-0.05, 0) is 39.0 Å². The molecule has 1 aromatic carbocycles. The Kier molecular flexibility index (Phi) is 4.62. The van der Waals surface area contributed by atoms with Gasteiger partial charge in [-0.25, -0.2) is 4.39 Å². The molecule has 0 aliphatic rings. The number of aliphatic hydroxyl groups excluding tert-OH is 1. The zero-order chi connectivity index (χ0) is 12.2. The smallest absolute Gasteiger partial charge is 0.166 e. The van der Waals surface area contributed by atoms with Crippen LogP contribution in [0, 0.1) is 5.82 Å². The Balaban J connectivity index is 2.81. The summed E-state index contributed by atoms with van der Waals surface area (Å²) >= 11 is 1.44. The Bertz CT molecular complexity index is 353. The summed E-state index contributed by atoms with van der Waals surface area (Å²) < 4.78 is 18.3. The van der Waals surface area contributed by atoms with Crippen LogP contribution in [0.3, 0.4) is 0 Å². The number of benzene rings is 1. The summed E-state index contributed by atoms with van der Waals surface area (Å²) in [6, 6.07) is 4.86. The van der Waals surface area contributed by atoms with Crippen LogP contribution in [0.1, 0.15) is 20.8 Å². The Labute approximate surface area is 99.8 Å². The monoisotopic (exact) mass is 244 g/mol. The van der Waals surface area contributed by atoms with E-state index in [1.165, 1.54) is 17.8 Å². The Morgan fingerprint density at radius 3 is 2.62 bits per heavy atom. The van der Waals surface area contributed by atoms with E-state index >= 15 is 0 Å². The van der Waals surface area contributed by atoms with Crippen molar-refractivity contribution in [3.05, 3.63) is 24.0 Å². The molecule has 0 bridgehead atoms. The maximum absolute atomic E-state index is 13.5. The molecule has 0 fully saturated rings. The van der Waals surface area contributed by atoms with Crippen molar-refractivity contribution >= 4 is 11.8 Å². The zero-order valence-corrected chi connectivity index (χ0v) is 10.6. The summed E-state index contributed by atoms with van der Waals surface area (Å²) in [4.78, 5) is 0.792. The van der Waals surface area contributed by atoms with Gasteiger partial charge >= 0.3 is 0 Å². The van der Waals surface area contributed by atoms with Crippen LogP contribution in [0.2, 0.25) is 0 Å². The van der Waals surface area contributed by atoms with Crippen molar-refractivity contribution in [3.63, 3.8) is 0 Å². The predicted octanol–water partition coefficient (Wildman–Crippen LogP) is 3.09. The van der Waals surface area contributed by atoms with Gasteiger partial charge in [0.25, 0.3) is 0 Å². The molecular formula is C12H17FO2S. The van der Waals surface area contributed by atoms with Gasteiger partial charge in [0.2, 0.25) is 0 Å². The first-order valence-electron chi connectivity index (χ1n) is 5.20. The Morgan fingerprint density at radius 2 is 2.12 bits per heavy atom. The summed E-state index contributed by atoms with van der Waals surface area (Å²) in [6.07, 6.45) is 0. The molecule has 1 rings (SSSR count). The lowest BCUT2D eigenvalue weighted by molar-refractivity contribution is 0.265. The van der Waals surface area contributed by atoms with Crippen molar-refractivity contribution in [2.24, 2.45) is 0 Å². The average molecular weight is 244 g/mol. The first-order valence-corrected chi connectivity index (χ1v) is 6.02. The maximum Gasteiger partial charge on any atom is 0.166 e. The number of hydrogen-bond acceptors (Lipinski definition) is 3. The second-order valence-electron chi connectivity index (χ2n) is 4.05. The molecule has 0 saturated heterocycles. The second-order valence-corrected chi connectivity index (χ2v) is 5.83.